The second-order valence-electron chi connectivity index (χ2n) is 18.7. The molecule has 0 aliphatic heterocycles. The van der Waals surface area contributed by atoms with Crippen LogP contribution in [0.1, 0.15) is 25.0 Å². The monoisotopic (exact) mass is 853 g/mol. The molecule has 13 aromatic rings. The van der Waals surface area contributed by atoms with Crippen LogP contribution in [0.2, 0.25) is 0 Å². The van der Waals surface area contributed by atoms with Crippen LogP contribution in [-0.2, 0) is 5.41 Å². The number of aromatic nitrogens is 1. The molecule has 0 bridgehead atoms. The lowest BCUT2D eigenvalue weighted by atomic mass is 9.81. The molecule has 14 rings (SSSR count). The van der Waals surface area contributed by atoms with Gasteiger partial charge in [0.15, 0.2) is 0 Å². The van der Waals surface area contributed by atoms with Crippen LogP contribution >= 0.6 is 0 Å². The first kappa shape index (κ1) is 37.9. The van der Waals surface area contributed by atoms with Crippen molar-refractivity contribution in [3.05, 3.63) is 236 Å². The molecule has 1 aliphatic rings. The number of nitrogens with zero attached hydrogens (tertiary/aromatic N) is 1. The molecule has 0 amide bonds. The van der Waals surface area contributed by atoms with Gasteiger partial charge in [-0.2, -0.15) is 0 Å². The van der Waals surface area contributed by atoms with E-state index in [1.165, 1.54) is 93.4 Å². The van der Waals surface area contributed by atoms with Gasteiger partial charge in [0.2, 0.25) is 0 Å². The highest BCUT2D eigenvalue weighted by atomic mass is 16.3. The molecule has 2 heteroatoms. The van der Waals surface area contributed by atoms with Crippen LogP contribution in [0, 0.1) is 0 Å². The van der Waals surface area contributed by atoms with Gasteiger partial charge >= 0.3 is 0 Å². The van der Waals surface area contributed by atoms with Crippen molar-refractivity contribution in [2.75, 3.05) is 0 Å². The molecule has 1 aliphatic carbocycles. The molecule has 0 spiro atoms. The van der Waals surface area contributed by atoms with E-state index >= 15 is 0 Å². The Balaban J connectivity index is 0.881. The van der Waals surface area contributed by atoms with E-state index in [1.807, 2.05) is 0 Å². The van der Waals surface area contributed by atoms with Crippen LogP contribution in [0.15, 0.2) is 229 Å². The van der Waals surface area contributed by atoms with Crippen LogP contribution in [0.4, 0.5) is 0 Å². The summed E-state index contributed by atoms with van der Waals surface area (Å²) in [7, 11) is 0. The maximum absolute atomic E-state index is 7.06. The second kappa shape index (κ2) is 14.3. The first-order chi connectivity index (χ1) is 33.0. The van der Waals surface area contributed by atoms with Gasteiger partial charge in [-0.1, -0.05) is 202 Å². The Hall–Kier alpha value is -8.46. The number of rotatable bonds is 5. The van der Waals surface area contributed by atoms with E-state index in [9.17, 15) is 0 Å². The van der Waals surface area contributed by atoms with Gasteiger partial charge < -0.3 is 8.98 Å². The molecule has 0 N–H and O–H groups in total. The molecule has 0 fully saturated rings. The lowest BCUT2D eigenvalue weighted by Gasteiger charge is -2.22. The molecule has 0 radical (unpaired) electrons. The first-order valence-electron chi connectivity index (χ1n) is 23.3. The Morgan fingerprint density at radius 2 is 0.776 bits per heavy atom. The van der Waals surface area contributed by atoms with Crippen molar-refractivity contribution >= 4 is 65.3 Å². The zero-order valence-electron chi connectivity index (χ0n) is 37.2. The van der Waals surface area contributed by atoms with E-state index in [0.717, 1.165) is 44.3 Å². The largest absolute Gasteiger partial charge is 0.455 e. The third-order valence-electron chi connectivity index (χ3n) is 14.8. The molecule has 67 heavy (non-hydrogen) atoms. The highest BCUT2D eigenvalue weighted by Crippen LogP contribution is 2.51. The van der Waals surface area contributed by atoms with Gasteiger partial charge in [-0.25, -0.2) is 0 Å². The lowest BCUT2D eigenvalue weighted by Crippen LogP contribution is -2.14. The highest BCUT2D eigenvalue weighted by molar-refractivity contribution is 6.21. The van der Waals surface area contributed by atoms with Crippen molar-refractivity contribution in [2.45, 2.75) is 19.3 Å². The van der Waals surface area contributed by atoms with E-state index in [4.69, 9.17) is 4.42 Å². The van der Waals surface area contributed by atoms with Gasteiger partial charge in [0, 0.05) is 43.8 Å². The Labute approximate surface area is 388 Å². The number of hydrogen-bond acceptors (Lipinski definition) is 1. The smallest absolute Gasteiger partial charge is 0.143 e. The van der Waals surface area contributed by atoms with Gasteiger partial charge in [-0.15, -0.1) is 0 Å². The van der Waals surface area contributed by atoms with Crippen LogP contribution in [0.5, 0.6) is 0 Å². The van der Waals surface area contributed by atoms with Crippen LogP contribution in [-0.4, -0.2) is 4.57 Å². The minimum atomic E-state index is -0.0807. The van der Waals surface area contributed by atoms with E-state index in [0.29, 0.717) is 0 Å². The summed E-state index contributed by atoms with van der Waals surface area (Å²) in [6.45, 7) is 4.69. The predicted molar refractivity (Wildman–Crippen MR) is 282 cm³/mol. The van der Waals surface area contributed by atoms with Crippen LogP contribution < -0.4 is 0 Å². The van der Waals surface area contributed by atoms with Crippen molar-refractivity contribution < 1.29 is 4.42 Å². The average Bonchev–Trinajstić information content (AvgIpc) is 4.01. The summed E-state index contributed by atoms with van der Waals surface area (Å²) in [5.74, 6) is 0. The minimum Gasteiger partial charge on any atom is -0.455 e. The number of hydrogen-bond donors (Lipinski definition) is 0. The molecule has 0 saturated heterocycles. The third kappa shape index (κ3) is 5.51. The fourth-order valence-corrected chi connectivity index (χ4v) is 11.7. The van der Waals surface area contributed by atoms with Crippen LogP contribution in [0.25, 0.3) is 127 Å². The molecule has 2 heterocycles. The van der Waals surface area contributed by atoms with Crippen molar-refractivity contribution in [2.24, 2.45) is 0 Å². The fraction of sp³-hybridized carbons (Fsp3) is 0.0462. The SMILES string of the molecule is CC1(C)c2ccccc2-c2ccc(-c3cccc4c3oc3c(-c5ccc6c(c5)c5ccccc5n6-c5ccc(-c6c7ccccc7c(-c7ccccc7)c7ccccc67)cc5)cccc34)cc21. The molecule has 11 aromatic carbocycles. The van der Waals surface area contributed by atoms with Gasteiger partial charge in [0.1, 0.15) is 11.2 Å². The van der Waals surface area contributed by atoms with Gasteiger partial charge in [0.25, 0.3) is 0 Å². The van der Waals surface area contributed by atoms with Gasteiger partial charge in [-0.05, 0) is 114 Å². The topological polar surface area (TPSA) is 18.1 Å². The number of para-hydroxylation sites is 3. The maximum atomic E-state index is 7.06. The summed E-state index contributed by atoms with van der Waals surface area (Å²) >= 11 is 0. The number of benzene rings is 11. The first-order valence-corrected chi connectivity index (χ1v) is 23.3. The number of fused-ring (bicyclic) bond motifs is 11. The number of furan rings is 1. The minimum absolute atomic E-state index is 0.0807. The van der Waals surface area contributed by atoms with E-state index in [2.05, 4.69) is 243 Å². The maximum Gasteiger partial charge on any atom is 0.143 e. The normalized spacial score (nSPS) is 13.0. The molecule has 2 nitrogen and oxygen atoms in total. The average molecular weight is 854 g/mol. The van der Waals surface area contributed by atoms with Crippen molar-refractivity contribution in [1.82, 2.24) is 4.57 Å². The van der Waals surface area contributed by atoms with Crippen molar-refractivity contribution in [3.8, 4) is 61.3 Å². The van der Waals surface area contributed by atoms with E-state index < -0.39 is 0 Å². The second-order valence-corrected chi connectivity index (χ2v) is 18.7. The summed E-state index contributed by atoms with van der Waals surface area (Å²) in [6, 6.07) is 82.4. The summed E-state index contributed by atoms with van der Waals surface area (Å²) in [6.07, 6.45) is 0. The highest BCUT2D eigenvalue weighted by Gasteiger charge is 2.35. The quantitative estimate of drug-likeness (QED) is 0.158. The zero-order valence-corrected chi connectivity index (χ0v) is 37.2. The Bertz CT molecular complexity index is 4110. The fourth-order valence-electron chi connectivity index (χ4n) is 11.7. The van der Waals surface area contributed by atoms with Gasteiger partial charge in [0.05, 0.1) is 11.0 Å². The summed E-state index contributed by atoms with van der Waals surface area (Å²) in [4.78, 5) is 0. The summed E-state index contributed by atoms with van der Waals surface area (Å²) in [5.41, 5.74) is 20.1. The summed E-state index contributed by atoms with van der Waals surface area (Å²) < 4.78 is 9.47. The Morgan fingerprint density at radius 3 is 1.43 bits per heavy atom. The van der Waals surface area contributed by atoms with Crippen molar-refractivity contribution in [3.63, 3.8) is 0 Å². The standard InChI is InChI=1S/C65H43NO/c1-65(2)57-28-12-10-18-47(57)48-36-32-43(39-58(48)65)46-25-15-27-55-54-26-14-24-45(63(54)67-64(46)55)42-33-37-60-56(38-42)49-19-11-13-29-59(49)66(60)44-34-30-41(31-35-44)62-52-22-8-6-20-50(52)61(40-16-4-3-5-17-40)51-21-7-9-23-53(51)62/h3-39H,1-2H3. The predicted octanol–water partition coefficient (Wildman–Crippen LogP) is 18.0. The van der Waals surface area contributed by atoms with Crippen molar-refractivity contribution in [1.29, 1.82) is 0 Å². The Morgan fingerprint density at radius 1 is 0.313 bits per heavy atom. The van der Waals surface area contributed by atoms with Gasteiger partial charge in [-0.3, -0.25) is 0 Å². The molecule has 314 valence electrons. The zero-order chi connectivity index (χ0) is 44.4. The van der Waals surface area contributed by atoms with E-state index in [1.54, 1.807) is 0 Å². The molecule has 0 atom stereocenters. The molecule has 0 saturated carbocycles. The van der Waals surface area contributed by atoms with E-state index in [-0.39, 0.29) is 5.41 Å². The molecule has 2 aromatic heterocycles. The Kier molecular flexibility index (Phi) is 8.06. The molecule has 0 unspecified atom stereocenters. The van der Waals surface area contributed by atoms with Crippen LogP contribution in [0.3, 0.4) is 0 Å². The lowest BCUT2D eigenvalue weighted by molar-refractivity contribution is 0.660. The molecular formula is C65H43NO. The summed E-state index contributed by atoms with van der Waals surface area (Å²) in [5, 5.41) is 9.72. The third-order valence-corrected chi connectivity index (χ3v) is 14.8. The molecular weight excluding hydrogens is 811 g/mol.